The average molecular weight is 248 g/mol. The topological polar surface area (TPSA) is 116 Å². The van der Waals surface area contributed by atoms with Crippen LogP contribution in [0.1, 0.15) is 6.42 Å². The van der Waals surface area contributed by atoms with Crippen LogP contribution in [0.5, 0.6) is 0 Å². The first-order valence-electron chi connectivity index (χ1n) is 5.50. The normalized spacial score (nSPS) is 46.9. The molecule has 0 spiro atoms. The van der Waals surface area contributed by atoms with Crippen LogP contribution >= 0.6 is 0 Å². The number of aliphatic hydroxyl groups excluding tert-OH is 4. The molecule has 2 saturated heterocycles. The summed E-state index contributed by atoms with van der Waals surface area (Å²) in [6.45, 7) is -0.357. The molecule has 0 aliphatic carbocycles. The van der Waals surface area contributed by atoms with Gasteiger partial charge in [-0.3, -0.25) is 4.79 Å². The van der Waals surface area contributed by atoms with Gasteiger partial charge in [-0.05, 0) is 0 Å². The Hall–Kier alpha value is -0.730. The number of cyclic esters (lactones) is 1. The van der Waals surface area contributed by atoms with E-state index in [0.717, 1.165) is 0 Å². The fourth-order valence-electron chi connectivity index (χ4n) is 2.26. The molecule has 7 nitrogen and oxygen atoms in total. The lowest BCUT2D eigenvalue weighted by Crippen LogP contribution is -2.60. The van der Waals surface area contributed by atoms with Crippen LogP contribution in [0, 0.1) is 5.92 Å². The summed E-state index contributed by atoms with van der Waals surface area (Å²) in [7, 11) is 0. The third-order valence-corrected chi connectivity index (χ3v) is 3.28. The second-order valence-corrected chi connectivity index (χ2v) is 4.44. The van der Waals surface area contributed by atoms with Crippen molar-refractivity contribution in [2.75, 3.05) is 13.2 Å². The van der Waals surface area contributed by atoms with Crippen LogP contribution in [-0.4, -0.2) is 70.1 Å². The molecule has 4 N–H and O–H groups in total. The van der Waals surface area contributed by atoms with Crippen molar-refractivity contribution in [3.63, 3.8) is 0 Å². The van der Waals surface area contributed by atoms with E-state index < -0.39 is 37.1 Å². The molecule has 0 bridgehead atoms. The third kappa shape index (κ3) is 2.29. The van der Waals surface area contributed by atoms with Crippen molar-refractivity contribution in [2.24, 2.45) is 5.92 Å². The van der Waals surface area contributed by atoms with Gasteiger partial charge in [-0.1, -0.05) is 0 Å². The predicted octanol–water partition coefficient (Wildman–Crippen LogP) is -2.61. The Morgan fingerprint density at radius 2 is 1.88 bits per heavy atom. The number of carbonyl (C=O) groups is 1. The molecule has 2 aliphatic heterocycles. The summed E-state index contributed by atoms with van der Waals surface area (Å²) < 4.78 is 10.1. The standard InChI is InChI=1S/C10H16O7/c11-2-5-7(13)8(14)9(15)10(17-5)4-1-6(12)16-3-4/h4-5,7-11,13-15H,1-3H2/t4-,5+,7+,8-,9+,10-/m0/s1. The summed E-state index contributed by atoms with van der Waals surface area (Å²) >= 11 is 0. The van der Waals surface area contributed by atoms with Gasteiger partial charge < -0.3 is 29.9 Å². The van der Waals surface area contributed by atoms with Gasteiger partial charge in [0.2, 0.25) is 0 Å². The summed E-state index contributed by atoms with van der Waals surface area (Å²) in [5.74, 6) is -0.749. The molecule has 0 unspecified atom stereocenters. The van der Waals surface area contributed by atoms with E-state index in [1.165, 1.54) is 0 Å². The molecule has 2 fully saturated rings. The molecule has 0 amide bonds. The number of ether oxygens (including phenoxy) is 2. The maximum absolute atomic E-state index is 11.0. The number of esters is 1. The highest BCUT2D eigenvalue weighted by Crippen LogP contribution is 2.30. The summed E-state index contributed by atoms with van der Waals surface area (Å²) in [5.41, 5.74) is 0. The van der Waals surface area contributed by atoms with Crippen molar-refractivity contribution in [3.05, 3.63) is 0 Å². The van der Waals surface area contributed by atoms with Crippen LogP contribution in [0.15, 0.2) is 0 Å². The Morgan fingerprint density at radius 3 is 2.41 bits per heavy atom. The highest BCUT2D eigenvalue weighted by atomic mass is 16.6. The molecular weight excluding hydrogens is 232 g/mol. The predicted molar refractivity (Wildman–Crippen MR) is 52.8 cm³/mol. The first-order valence-corrected chi connectivity index (χ1v) is 5.50. The summed E-state index contributed by atoms with van der Waals surface area (Å²) in [6, 6.07) is 0. The van der Waals surface area contributed by atoms with Crippen molar-refractivity contribution in [1.29, 1.82) is 0 Å². The minimum atomic E-state index is -1.40. The van der Waals surface area contributed by atoms with Gasteiger partial charge in [-0.15, -0.1) is 0 Å². The number of hydrogen-bond donors (Lipinski definition) is 4. The van der Waals surface area contributed by atoms with Crippen LogP contribution in [0.25, 0.3) is 0 Å². The van der Waals surface area contributed by atoms with Gasteiger partial charge in [0.15, 0.2) is 0 Å². The van der Waals surface area contributed by atoms with Crippen LogP contribution in [0.4, 0.5) is 0 Å². The van der Waals surface area contributed by atoms with Crippen molar-refractivity contribution < 1.29 is 34.7 Å². The number of carbonyl (C=O) groups excluding carboxylic acids is 1. The Labute approximate surface area is 97.6 Å². The van der Waals surface area contributed by atoms with Crippen molar-refractivity contribution in [1.82, 2.24) is 0 Å². The molecule has 0 radical (unpaired) electrons. The zero-order valence-electron chi connectivity index (χ0n) is 9.10. The SMILES string of the molecule is O=C1C[C@H]([C@@H]2O[C@H](CO)[C@@H](O)[C@H](O)[C@H]2O)CO1. The molecule has 2 rings (SSSR count). The molecule has 17 heavy (non-hydrogen) atoms. The average Bonchev–Trinajstić information content (AvgIpc) is 2.73. The quantitative estimate of drug-likeness (QED) is 0.396. The molecule has 7 heteroatoms. The summed E-state index contributed by atoms with van der Waals surface area (Å²) in [5, 5.41) is 37.9. The Bertz CT molecular complexity index is 292. The van der Waals surface area contributed by atoms with E-state index in [1.807, 2.05) is 0 Å². The summed E-state index contributed by atoms with van der Waals surface area (Å²) in [4.78, 5) is 11.0. The van der Waals surface area contributed by atoms with E-state index >= 15 is 0 Å². The molecular formula is C10H16O7. The second kappa shape index (κ2) is 4.87. The Morgan fingerprint density at radius 1 is 1.18 bits per heavy atom. The van der Waals surface area contributed by atoms with Gasteiger partial charge >= 0.3 is 5.97 Å². The Kier molecular flexibility index (Phi) is 3.64. The van der Waals surface area contributed by atoms with Crippen molar-refractivity contribution in [2.45, 2.75) is 36.9 Å². The van der Waals surface area contributed by atoms with Gasteiger partial charge in [0.25, 0.3) is 0 Å². The number of rotatable bonds is 2. The highest BCUT2D eigenvalue weighted by molar-refractivity contribution is 5.71. The molecule has 0 saturated carbocycles. The minimum Gasteiger partial charge on any atom is -0.465 e. The maximum Gasteiger partial charge on any atom is 0.306 e. The first-order chi connectivity index (χ1) is 8.04. The van der Waals surface area contributed by atoms with Crippen LogP contribution in [-0.2, 0) is 14.3 Å². The van der Waals surface area contributed by atoms with Gasteiger partial charge in [0.05, 0.1) is 25.7 Å². The Balaban J connectivity index is 2.08. The monoisotopic (exact) mass is 248 g/mol. The minimum absolute atomic E-state index is 0.0999. The molecule has 98 valence electrons. The summed E-state index contributed by atoms with van der Waals surface area (Å²) in [6.07, 6.45) is -5.73. The number of aliphatic hydroxyl groups is 4. The van der Waals surface area contributed by atoms with Crippen molar-refractivity contribution in [3.8, 4) is 0 Å². The molecule has 6 atom stereocenters. The van der Waals surface area contributed by atoms with E-state index in [2.05, 4.69) is 0 Å². The fourth-order valence-corrected chi connectivity index (χ4v) is 2.26. The van der Waals surface area contributed by atoms with Crippen molar-refractivity contribution >= 4 is 5.97 Å². The first kappa shape index (κ1) is 12.7. The van der Waals surface area contributed by atoms with E-state index in [-0.39, 0.29) is 24.9 Å². The maximum atomic E-state index is 11.0. The third-order valence-electron chi connectivity index (χ3n) is 3.28. The molecule has 0 aromatic rings. The lowest BCUT2D eigenvalue weighted by molar-refractivity contribution is -0.240. The van der Waals surface area contributed by atoms with Gasteiger partial charge in [0, 0.05) is 5.92 Å². The molecule has 2 heterocycles. The number of hydrogen-bond acceptors (Lipinski definition) is 7. The second-order valence-electron chi connectivity index (χ2n) is 4.44. The van der Waals surface area contributed by atoms with E-state index in [0.29, 0.717) is 0 Å². The lowest BCUT2D eigenvalue weighted by atomic mass is 9.87. The van der Waals surface area contributed by atoms with Crippen LogP contribution in [0.3, 0.4) is 0 Å². The van der Waals surface area contributed by atoms with Gasteiger partial charge in [-0.2, -0.15) is 0 Å². The van der Waals surface area contributed by atoms with E-state index in [4.69, 9.17) is 14.6 Å². The molecule has 0 aromatic carbocycles. The fraction of sp³-hybridized carbons (Fsp3) is 0.900. The van der Waals surface area contributed by atoms with Crippen LogP contribution in [0.2, 0.25) is 0 Å². The van der Waals surface area contributed by atoms with Gasteiger partial charge in [-0.25, -0.2) is 0 Å². The largest absolute Gasteiger partial charge is 0.465 e. The van der Waals surface area contributed by atoms with Crippen LogP contribution < -0.4 is 0 Å². The highest BCUT2D eigenvalue weighted by Gasteiger charge is 2.48. The smallest absolute Gasteiger partial charge is 0.306 e. The molecule has 0 aromatic heterocycles. The zero-order valence-corrected chi connectivity index (χ0v) is 9.10. The zero-order chi connectivity index (χ0) is 12.6. The lowest BCUT2D eigenvalue weighted by Gasteiger charge is -2.41. The van der Waals surface area contributed by atoms with Gasteiger partial charge in [0.1, 0.15) is 24.4 Å². The van der Waals surface area contributed by atoms with E-state index in [1.54, 1.807) is 0 Å². The van der Waals surface area contributed by atoms with E-state index in [9.17, 15) is 20.1 Å². The molecule has 2 aliphatic rings.